The van der Waals surface area contributed by atoms with Crippen LogP contribution in [0.15, 0.2) is 36.4 Å². The normalized spacial score (nSPS) is 10.6. The Morgan fingerprint density at radius 1 is 0.810 bits per heavy atom. The van der Waals surface area contributed by atoms with Crippen LogP contribution in [-0.4, -0.2) is 26.4 Å². The highest BCUT2D eigenvalue weighted by molar-refractivity contribution is 5.73. The second-order valence-corrected chi connectivity index (χ2v) is 4.39. The van der Waals surface area contributed by atoms with Crippen LogP contribution in [0.25, 0.3) is 12.2 Å². The van der Waals surface area contributed by atoms with E-state index in [1.165, 1.54) is 0 Å². The van der Waals surface area contributed by atoms with E-state index < -0.39 is 0 Å². The van der Waals surface area contributed by atoms with Crippen molar-refractivity contribution in [2.24, 2.45) is 0 Å². The van der Waals surface area contributed by atoms with Gasteiger partial charge in [0, 0.05) is 0 Å². The van der Waals surface area contributed by atoms with Gasteiger partial charge in [0.25, 0.3) is 0 Å². The molecule has 2 aromatic carbocycles. The fourth-order valence-corrected chi connectivity index (χ4v) is 2.02. The summed E-state index contributed by atoms with van der Waals surface area (Å²) in [6, 6.07) is 10.8. The molecule has 0 fully saturated rings. The smallest absolute Gasteiger partial charge is 0.203 e. The highest BCUT2D eigenvalue weighted by Gasteiger charge is 2.11. The molecule has 0 spiro atoms. The van der Waals surface area contributed by atoms with Crippen LogP contribution in [-0.2, 0) is 0 Å². The number of hydrogen-bond donors (Lipinski definition) is 1. The molecule has 2 rings (SSSR count). The molecule has 1 N–H and O–H groups in total. The zero-order chi connectivity index (χ0) is 15.2. The van der Waals surface area contributed by atoms with Gasteiger partial charge < -0.3 is 19.3 Å². The molecule has 0 amide bonds. The molecule has 0 aliphatic heterocycles. The molecule has 0 bridgehead atoms. The predicted octanol–water partition coefficient (Wildman–Crippen LogP) is 3.59. The molecule has 0 saturated heterocycles. The Morgan fingerprint density at radius 2 is 1.43 bits per heavy atom. The van der Waals surface area contributed by atoms with Gasteiger partial charge in [0.2, 0.25) is 5.75 Å². The molecule has 4 heteroatoms. The highest BCUT2D eigenvalue weighted by Crippen LogP contribution is 2.38. The van der Waals surface area contributed by atoms with Crippen molar-refractivity contribution in [3.63, 3.8) is 0 Å². The van der Waals surface area contributed by atoms with Crippen molar-refractivity contribution < 1.29 is 19.3 Å². The Hall–Kier alpha value is -2.62. The fraction of sp³-hybridized carbons (Fsp3) is 0.176. The molecule has 0 saturated carbocycles. The molecule has 0 radical (unpaired) electrons. The minimum atomic E-state index is 0.238. The van der Waals surface area contributed by atoms with Crippen LogP contribution in [0.3, 0.4) is 0 Å². The number of benzene rings is 2. The van der Waals surface area contributed by atoms with E-state index in [0.717, 1.165) is 11.1 Å². The molecule has 4 nitrogen and oxygen atoms in total. The third kappa shape index (κ3) is 3.48. The second kappa shape index (κ2) is 6.70. The van der Waals surface area contributed by atoms with E-state index in [0.29, 0.717) is 17.2 Å². The minimum absolute atomic E-state index is 0.238. The molecule has 0 heterocycles. The van der Waals surface area contributed by atoms with Gasteiger partial charge in [-0.2, -0.15) is 0 Å². The summed E-state index contributed by atoms with van der Waals surface area (Å²) in [7, 11) is 4.74. The molecule has 0 atom stereocenters. The van der Waals surface area contributed by atoms with Crippen LogP contribution in [0.5, 0.6) is 23.0 Å². The third-order valence-electron chi connectivity index (χ3n) is 3.03. The summed E-state index contributed by atoms with van der Waals surface area (Å²) in [6.07, 6.45) is 3.82. The van der Waals surface area contributed by atoms with Crippen LogP contribution in [0.4, 0.5) is 0 Å². The third-order valence-corrected chi connectivity index (χ3v) is 3.03. The number of methoxy groups -OCH3 is 3. The zero-order valence-corrected chi connectivity index (χ0v) is 12.3. The largest absolute Gasteiger partial charge is 0.508 e. The fourth-order valence-electron chi connectivity index (χ4n) is 2.02. The average molecular weight is 286 g/mol. The van der Waals surface area contributed by atoms with Gasteiger partial charge >= 0.3 is 0 Å². The van der Waals surface area contributed by atoms with Crippen molar-refractivity contribution in [2.45, 2.75) is 0 Å². The van der Waals surface area contributed by atoms with Crippen LogP contribution in [0.1, 0.15) is 11.1 Å². The summed E-state index contributed by atoms with van der Waals surface area (Å²) < 4.78 is 15.9. The monoisotopic (exact) mass is 286 g/mol. The molecule has 0 aromatic heterocycles. The number of phenolic OH excluding ortho intramolecular Hbond substituents is 1. The van der Waals surface area contributed by atoms with Crippen molar-refractivity contribution in [1.29, 1.82) is 0 Å². The molecular formula is C17H18O4. The Balaban J connectivity index is 2.36. The Kier molecular flexibility index (Phi) is 4.72. The van der Waals surface area contributed by atoms with Gasteiger partial charge in [0.1, 0.15) is 5.75 Å². The highest BCUT2D eigenvalue weighted by atomic mass is 16.5. The molecule has 2 aromatic rings. The van der Waals surface area contributed by atoms with Gasteiger partial charge in [-0.15, -0.1) is 0 Å². The molecule has 0 aliphatic carbocycles. The maximum absolute atomic E-state index is 9.45. The van der Waals surface area contributed by atoms with E-state index in [1.54, 1.807) is 39.5 Å². The lowest BCUT2D eigenvalue weighted by atomic mass is 10.1. The summed E-state index contributed by atoms with van der Waals surface area (Å²) in [5.41, 5.74) is 1.82. The van der Waals surface area contributed by atoms with E-state index in [-0.39, 0.29) is 5.75 Å². The molecule has 21 heavy (non-hydrogen) atoms. The Morgan fingerprint density at radius 3 is 1.95 bits per heavy atom. The van der Waals surface area contributed by atoms with Gasteiger partial charge in [-0.1, -0.05) is 24.3 Å². The summed E-state index contributed by atoms with van der Waals surface area (Å²) in [5, 5.41) is 9.45. The molecule has 0 aliphatic rings. The van der Waals surface area contributed by atoms with E-state index in [9.17, 15) is 5.11 Å². The van der Waals surface area contributed by atoms with Gasteiger partial charge in [-0.25, -0.2) is 0 Å². The standard InChI is InChI=1S/C17H18O4/c1-19-15-10-13(11-16(20-2)17(15)21-3)8-7-12-5-4-6-14(18)9-12/h4-11,18H,1-3H3. The lowest BCUT2D eigenvalue weighted by Gasteiger charge is -2.12. The van der Waals surface area contributed by atoms with E-state index in [4.69, 9.17) is 14.2 Å². The van der Waals surface area contributed by atoms with Crippen molar-refractivity contribution in [3.05, 3.63) is 47.5 Å². The van der Waals surface area contributed by atoms with Crippen LogP contribution in [0, 0.1) is 0 Å². The average Bonchev–Trinajstić information content (AvgIpc) is 2.51. The topological polar surface area (TPSA) is 47.9 Å². The summed E-state index contributed by atoms with van der Waals surface area (Å²) in [5.74, 6) is 2.01. The van der Waals surface area contributed by atoms with Gasteiger partial charge in [-0.05, 0) is 35.4 Å². The van der Waals surface area contributed by atoms with Crippen LogP contribution in [0.2, 0.25) is 0 Å². The number of rotatable bonds is 5. The van der Waals surface area contributed by atoms with Crippen molar-refractivity contribution in [3.8, 4) is 23.0 Å². The first-order valence-corrected chi connectivity index (χ1v) is 6.45. The maximum atomic E-state index is 9.45. The predicted molar refractivity (Wildman–Crippen MR) is 83.1 cm³/mol. The zero-order valence-electron chi connectivity index (χ0n) is 12.3. The van der Waals surface area contributed by atoms with Gasteiger partial charge in [-0.3, -0.25) is 0 Å². The summed E-state index contributed by atoms with van der Waals surface area (Å²) in [4.78, 5) is 0. The first kappa shape index (κ1) is 14.8. The van der Waals surface area contributed by atoms with Crippen molar-refractivity contribution >= 4 is 12.2 Å². The molecule has 0 unspecified atom stereocenters. The van der Waals surface area contributed by atoms with Crippen LogP contribution < -0.4 is 14.2 Å². The minimum Gasteiger partial charge on any atom is -0.508 e. The Labute approximate surface area is 124 Å². The lowest BCUT2D eigenvalue weighted by molar-refractivity contribution is 0.324. The van der Waals surface area contributed by atoms with E-state index in [1.807, 2.05) is 30.4 Å². The second-order valence-electron chi connectivity index (χ2n) is 4.39. The number of ether oxygens (including phenoxy) is 3. The molecular weight excluding hydrogens is 268 g/mol. The molecule has 110 valence electrons. The number of phenols is 1. The SMILES string of the molecule is COc1cc(C=Cc2cccc(O)c2)cc(OC)c1OC. The summed E-state index contributed by atoms with van der Waals surface area (Å²) in [6.45, 7) is 0. The van der Waals surface area contributed by atoms with Crippen molar-refractivity contribution in [1.82, 2.24) is 0 Å². The number of hydrogen-bond acceptors (Lipinski definition) is 4. The lowest BCUT2D eigenvalue weighted by Crippen LogP contribution is -1.95. The Bertz CT molecular complexity index is 622. The van der Waals surface area contributed by atoms with Gasteiger partial charge in [0.05, 0.1) is 21.3 Å². The number of aromatic hydroxyl groups is 1. The first-order chi connectivity index (χ1) is 10.2. The van der Waals surface area contributed by atoms with E-state index >= 15 is 0 Å². The van der Waals surface area contributed by atoms with Crippen LogP contribution >= 0.6 is 0 Å². The van der Waals surface area contributed by atoms with Gasteiger partial charge in [0.15, 0.2) is 11.5 Å². The maximum Gasteiger partial charge on any atom is 0.203 e. The van der Waals surface area contributed by atoms with E-state index in [2.05, 4.69) is 0 Å². The summed E-state index contributed by atoms with van der Waals surface area (Å²) >= 11 is 0. The first-order valence-electron chi connectivity index (χ1n) is 6.45. The van der Waals surface area contributed by atoms with Crippen molar-refractivity contribution in [2.75, 3.05) is 21.3 Å². The quantitative estimate of drug-likeness (QED) is 0.853.